The largest absolute Gasteiger partial charge is 0.329 e. The van der Waals surface area contributed by atoms with Crippen LogP contribution in [0.15, 0.2) is 0 Å². The summed E-state index contributed by atoms with van der Waals surface area (Å²) >= 11 is 0. The molecule has 1 aliphatic carbocycles. The van der Waals surface area contributed by atoms with Crippen LogP contribution >= 0.6 is 0 Å². The van der Waals surface area contributed by atoms with Gasteiger partial charge >= 0.3 is 0 Å². The molecule has 0 unspecified atom stereocenters. The third-order valence-corrected chi connectivity index (χ3v) is 4.86. The first-order chi connectivity index (χ1) is 8.65. The van der Waals surface area contributed by atoms with Crippen LogP contribution in [0.3, 0.4) is 0 Å². The number of hydrogen-bond donors (Lipinski definition) is 2. The van der Waals surface area contributed by atoms with Gasteiger partial charge in [0.2, 0.25) is 0 Å². The number of piperidine rings is 1. The molecular weight excluding hydrogens is 222 g/mol. The van der Waals surface area contributed by atoms with E-state index in [0.717, 1.165) is 19.0 Å². The molecule has 3 N–H and O–H groups in total. The lowest BCUT2D eigenvalue weighted by atomic mass is 9.87. The van der Waals surface area contributed by atoms with E-state index in [1.165, 1.54) is 51.6 Å². The number of nitrogens with one attached hydrogen (secondary N) is 1. The Morgan fingerprint density at radius 3 is 2.44 bits per heavy atom. The molecule has 0 aromatic carbocycles. The Kier molecular flexibility index (Phi) is 5.05. The van der Waals surface area contributed by atoms with Gasteiger partial charge in [0.15, 0.2) is 0 Å². The van der Waals surface area contributed by atoms with Crippen molar-refractivity contribution in [2.75, 3.05) is 26.2 Å². The van der Waals surface area contributed by atoms with Crippen LogP contribution in [-0.2, 0) is 0 Å². The maximum atomic E-state index is 6.03. The van der Waals surface area contributed by atoms with Crippen molar-refractivity contribution < 1.29 is 0 Å². The van der Waals surface area contributed by atoms with Crippen LogP contribution in [0.2, 0.25) is 0 Å². The first-order valence-electron chi connectivity index (χ1n) is 7.84. The van der Waals surface area contributed by atoms with Crippen molar-refractivity contribution in [2.24, 2.45) is 11.7 Å². The molecule has 3 heteroatoms. The van der Waals surface area contributed by atoms with Crippen LogP contribution in [0, 0.1) is 5.92 Å². The van der Waals surface area contributed by atoms with Crippen molar-refractivity contribution in [2.45, 2.75) is 64.0 Å². The molecule has 1 saturated heterocycles. The third-order valence-electron chi connectivity index (χ3n) is 4.86. The Morgan fingerprint density at radius 1 is 1.28 bits per heavy atom. The minimum absolute atomic E-state index is 0.231. The average Bonchev–Trinajstić information content (AvgIpc) is 3.19. The van der Waals surface area contributed by atoms with E-state index in [9.17, 15) is 0 Å². The van der Waals surface area contributed by atoms with E-state index in [-0.39, 0.29) is 5.54 Å². The number of hydrogen-bond acceptors (Lipinski definition) is 3. The minimum Gasteiger partial charge on any atom is -0.329 e. The van der Waals surface area contributed by atoms with E-state index in [1.54, 1.807) is 0 Å². The summed E-state index contributed by atoms with van der Waals surface area (Å²) in [6.45, 7) is 8.93. The van der Waals surface area contributed by atoms with Gasteiger partial charge in [-0.3, -0.25) is 0 Å². The molecule has 106 valence electrons. The standard InChI is InChI=1S/C15H31N3/c1-13(2)18-10-7-15(12-16,8-11-18)17-9-3-4-14-5-6-14/h13-14,17H,3-12,16H2,1-2H3. The fourth-order valence-corrected chi connectivity index (χ4v) is 3.07. The Balaban J connectivity index is 1.69. The third kappa shape index (κ3) is 3.94. The summed E-state index contributed by atoms with van der Waals surface area (Å²) in [4.78, 5) is 2.57. The van der Waals surface area contributed by atoms with Crippen LogP contribution in [0.25, 0.3) is 0 Å². The number of nitrogens with two attached hydrogens (primary N) is 1. The Hall–Kier alpha value is -0.120. The van der Waals surface area contributed by atoms with Crippen molar-refractivity contribution in [1.29, 1.82) is 0 Å². The van der Waals surface area contributed by atoms with Crippen LogP contribution in [0.4, 0.5) is 0 Å². The van der Waals surface area contributed by atoms with Crippen molar-refractivity contribution >= 4 is 0 Å². The van der Waals surface area contributed by atoms with Crippen molar-refractivity contribution in [3.05, 3.63) is 0 Å². The molecule has 1 saturated carbocycles. The van der Waals surface area contributed by atoms with Crippen molar-refractivity contribution in [1.82, 2.24) is 10.2 Å². The molecule has 2 fully saturated rings. The Morgan fingerprint density at radius 2 is 1.94 bits per heavy atom. The van der Waals surface area contributed by atoms with E-state index in [0.29, 0.717) is 6.04 Å². The second kappa shape index (κ2) is 6.36. The molecule has 0 amide bonds. The molecule has 0 radical (unpaired) electrons. The monoisotopic (exact) mass is 253 g/mol. The zero-order valence-electron chi connectivity index (χ0n) is 12.3. The lowest BCUT2D eigenvalue weighted by Gasteiger charge is -2.43. The Labute approximate surface area is 112 Å². The van der Waals surface area contributed by atoms with Crippen molar-refractivity contribution in [3.63, 3.8) is 0 Å². The number of rotatable bonds is 7. The molecule has 1 aliphatic heterocycles. The summed E-state index contributed by atoms with van der Waals surface area (Å²) in [5.41, 5.74) is 6.26. The van der Waals surface area contributed by atoms with Crippen molar-refractivity contribution in [3.8, 4) is 0 Å². The molecule has 2 aliphatic rings. The highest BCUT2D eigenvalue weighted by Crippen LogP contribution is 2.33. The first-order valence-corrected chi connectivity index (χ1v) is 7.84. The van der Waals surface area contributed by atoms with E-state index in [1.807, 2.05) is 0 Å². The zero-order valence-corrected chi connectivity index (χ0v) is 12.3. The molecule has 0 bridgehead atoms. The first kappa shape index (κ1) is 14.3. The Bertz CT molecular complexity index is 240. The maximum absolute atomic E-state index is 6.03. The summed E-state index contributed by atoms with van der Waals surface area (Å²) in [5, 5.41) is 3.78. The number of likely N-dealkylation sites (tertiary alicyclic amines) is 1. The fourth-order valence-electron chi connectivity index (χ4n) is 3.07. The highest BCUT2D eigenvalue weighted by atomic mass is 15.2. The van der Waals surface area contributed by atoms with E-state index >= 15 is 0 Å². The van der Waals surface area contributed by atoms with Crippen LogP contribution < -0.4 is 11.1 Å². The summed E-state index contributed by atoms with van der Waals surface area (Å²) in [6, 6.07) is 0.677. The van der Waals surface area contributed by atoms with E-state index < -0.39 is 0 Å². The summed E-state index contributed by atoms with van der Waals surface area (Å²) in [7, 11) is 0. The lowest BCUT2D eigenvalue weighted by Crippen LogP contribution is -2.58. The quantitative estimate of drug-likeness (QED) is 0.682. The van der Waals surface area contributed by atoms with Crippen LogP contribution in [0.1, 0.15) is 52.4 Å². The van der Waals surface area contributed by atoms with Gasteiger partial charge in [-0.05, 0) is 52.0 Å². The van der Waals surface area contributed by atoms with Gasteiger partial charge in [0.25, 0.3) is 0 Å². The molecule has 0 spiro atoms. The average molecular weight is 253 g/mol. The van der Waals surface area contributed by atoms with Gasteiger partial charge in [-0.2, -0.15) is 0 Å². The van der Waals surface area contributed by atoms with E-state index in [4.69, 9.17) is 5.73 Å². The van der Waals surface area contributed by atoms with Crippen LogP contribution in [-0.4, -0.2) is 42.7 Å². The lowest BCUT2D eigenvalue weighted by molar-refractivity contribution is 0.114. The fraction of sp³-hybridized carbons (Fsp3) is 1.00. The van der Waals surface area contributed by atoms with Gasteiger partial charge < -0.3 is 16.0 Å². The SMILES string of the molecule is CC(C)N1CCC(CN)(NCCCC2CC2)CC1. The highest BCUT2D eigenvalue weighted by Gasteiger charge is 2.33. The predicted octanol–water partition coefficient (Wildman–Crippen LogP) is 1.97. The number of nitrogens with zero attached hydrogens (tertiary/aromatic N) is 1. The van der Waals surface area contributed by atoms with E-state index in [2.05, 4.69) is 24.1 Å². The molecule has 1 heterocycles. The minimum atomic E-state index is 0.231. The predicted molar refractivity (Wildman–Crippen MR) is 77.7 cm³/mol. The topological polar surface area (TPSA) is 41.3 Å². The summed E-state index contributed by atoms with van der Waals surface area (Å²) in [5.74, 6) is 1.06. The second-order valence-corrected chi connectivity index (χ2v) is 6.63. The normalized spacial score (nSPS) is 24.7. The van der Waals surface area contributed by atoms with Gasteiger partial charge in [0.05, 0.1) is 0 Å². The van der Waals surface area contributed by atoms with Gasteiger partial charge in [-0.1, -0.05) is 12.8 Å². The van der Waals surface area contributed by atoms with Crippen LogP contribution in [0.5, 0.6) is 0 Å². The molecule has 0 aromatic heterocycles. The molecular formula is C15H31N3. The maximum Gasteiger partial charge on any atom is 0.0328 e. The smallest absolute Gasteiger partial charge is 0.0328 e. The second-order valence-electron chi connectivity index (χ2n) is 6.63. The van der Waals surface area contributed by atoms with Gasteiger partial charge in [-0.25, -0.2) is 0 Å². The summed E-state index contributed by atoms with van der Waals surface area (Å²) in [6.07, 6.45) is 8.14. The van der Waals surface area contributed by atoms with Gasteiger partial charge in [0, 0.05) is 31.2 Å². The molecule has 0 aromatic rings. The molecule has 18 heavy (non-hydrogen) atoms. The molecule has 2 rings (SSSR count). The van der Waals surface area contributed by atoms with Gasteiger partial charge in [-0.15, -0.1) is 0 Å². The molecule has 0 atom stereocenters. The van der Waals surface area contributed by atoms with Gasteiger partial charge in [0.1, 0.15) is 0 Å². The zero-order chi connectivity index (χ0) is 13.0. The summed E-state index contributed by atoms with van der Waals surface area (Å²) < 4.78 is 0. The highest BCUT2D eigenvalue weighted by molar-refractivity contribution is 4.94. The molecule has 3 nitrogen and oxygen atoms in total.